The van der Waals surface area contributed by atoms with Crippen LogP contribution in [0.2, 0.25) is 5.02 Å². The number of aliphatic imine (C=N–C) groups is 1. The molecule has 0 bridgehead atoms. The average Bonchev–Trinajstić information content (AvgIpc) is 2.83. The Bertz CT molecular complexity index is 1150. The minimum absolute atomic E-state index is 0.219. The van der Waals surface area contributed by atoms with Crippen molar-refractivity contribution >= 4 is 48.1 Å². The van der Waals surface area contributed by atoms with E-state index >= 15 is 0 Å². The van der Waals surface area contributed by atoms with Gasteiger partial charge in [0, 0.05) is 0 Å². The Kier molecular flexibility index (Phi) is 7.39. The van der Waals surface area contributed by atoms with Crippen LogP contribution in [0.5, 0.6) is 5.75 Å². The van der Waals surface area contributed by atoms with Crippen molar-refractivity contribution in [3.05, 3.63) is 125 Å². The van der Waals surface area contributed by atoms with Crippen molar-refractivity contribution in [3.63, 3.8) is 0 Å². The summed E-state index contributed by atoms with van der Waals surface area (Å²) in [6.45, 7) is 0. The predicted octanol–water partition coefficient (Wildman–Crippen LogP) is 6.14. The quantitative estimate of drug-likeness (QED) is 0.226. The molecule has 0 saturated heterocycles. The third-order valence-electron chi connectivity index (χ3n) is 4.52. The zero-order valence-corrected chi connectivity index (χ0v) is 19.2. The molecule has 0 fully saturated rings. The molecule has 0 aromatic heterocycles. The van der Waals surface area contributed by atoms with E-state index in [0.29, 0.717) is 22.0 Å². The summed E-state index contributed by atoms with van der Waals surface area (Å²) in [5, 5.41) is 0.613. The Balaban J connectivity index is 1.65. The first kappa shape index (κ1) is 21.2. The van der Waals surface area contributed by atoms with Gasteiger partial charge in [-0.15, -0.1) is 0 Å². The summed E-state index contributed by atoms with van der Waals surface area (Å²) in [6.07, 6.45) is 0. The molecular weight excluding hydrogens is 469 g/mol. The molecule has 0 saturated carbocycles. The Hall–Kier alpha value is -3.06. The SMILES string of the molecule is Clc1ccc(OC[Se]c2ccccc2)c(N=C=C(c2ccccc2)c2ccccc2)c1. The molecule has 0 atom stereocenters. The molecule has 31 heavy (non-hydrogen) atoms. The molecule has 2 nitrogen and oxygen atoms in total. The normalized spacial score (nSPS) is 10.2. The molecule has 0 spiro atoms. The maximum atomic E-state index is 6.25. The first-order valence-electron chi connectivity index (χ1n) is 9.84. The monoisotopic (exact) mass is 489 g/mol. The van der Waals surface area contributed by atoms with Crippen LogP contribution < -0.4 is 9.20 Å². The third kappa shape index (κ3) is 5.98. The molecule has 0 aliphatic carbocycles. The van der Waals surface area contributed by atoms with E-state index in [4.69, 9.17) is 16.3 Å². The van der Waals surface area contributed by atoms with Crippen molar-refractivity contribution in [2.45, 2.75) is 0 Å². The van der Waals surface area contributed by atoms with Gasteiger partial charge in [0.25, 0.3) is 0 Å². The summed E-state index contributed by atoms with van der Waals surface area (Å²) < 4.78 is 7.36. The van der Waals surface area contributed by atoms with Crippen LogP contribution in [0.4, 0.5) is 5.69 Å². The fourth-order valence-electron chi connectivity index (χ4n) is 3.00. The summed E-state index contributed by atoms with van der Waals surface area (Å²) >= 11 is 6.47. The van der Waals surface area contributed by atoms with Gasteiger partial charge in [0.2, 0.25) is 0 Å². The summed E-state index contributed by atoms with van der Waals surface area (Å²) in [5.74, 6) is 3.96. The summed E-state index contributed by atoms with van der Waals surface area (Å²) in [6, 6.07) is 36.2. The number of halogens is 1. The van der Waals surface area contributed by atoms with Gasteiger partial charge in [-0.25, -0.2) is 0 Å². The molecule has 0 aliphatic rings. The molecule has 0 unspecified atom stereocenters. The van der Waals surface area contributed by atoms with E-state index in [1.54, 1.807) is 0 Å². The standard InChI is InChI=1S/C27H20ClNOSe/c28-23-16-17-27(30-20-31-24-14-8-3-9-15-24)26(18-23)29-19-25(21-10-4-1-5-11-21)22-12-6-2-7-13-22/h1-18H,20H2. The van der Waals surface area contributed by atoms with Gasteiger partial charge < -0.3 is 0 Å². The molecule has 4 aromatic carbocycles. The molecule has 4 aromatic rings. The van der Waals surface area contributed by atoms with E-state index in [1.165, 1.54) is 4.46 Å². The number of benzene rings is 4. The Morgan fingerprint density at radius 2 is 1.35 bits per heavy atom. The van der Waals surface area contributed by atoms with Crippen molar-refractivity contribution in [3.8, 4) is 5.75 Å². The molecule has 0 aliphatic heterocycles. The molecule has 0 amide bonds. The van der Waals surface area contributed by atoms with Crippen LogP contribution in [0.1, 0.15) is 11.1 Å². The minimum atomic E-state index is 0.219. The number of ether oxygens (including phenoxy) is 1. The Morgan fingerprint density at radius 1 is 0.774 bits per heavy atom. The first-order valence-corrected chi connectivity index (χ1v) is 12.3. The molecule has 0 radical (unpaired) electrons. The van der Waals surface area contributed by atoms with Gasteiger partial charge in [0.1, 0.15) is 0 Å². The van der Waals surface area contributed by atoms with Gasteiger partial charge >= 0.3 is 194 Å². The van der Waals surface area contributed by atoms with E-state index in [9.17, 15) is 0 Å². The summed E-state index contributed by atoms with van der Waals surface area (Å²) in [5.41, 5.74) is 4.31. The van der Waals surface area contributed by atoms with Crippen molar-refractivity contribution in [1.29, 1.82) is 0 Å². The summed E-state index contributed by atoms with van der Waals surface area (Å²) in [4.78, 5) is 4.66. The maximum absolute atomic E-state index is 6.25. The topological polar surface area (TPSA) is 21.6 Å². The first-order chi connectivity index (χ1) is 15.3. The Morgan fingerprint density at radius 3 is 1.97 bits per heavy atom. The third-order valence-corrected chi connectivity index (χ3v) is 6.52. The van der Waals surface area contributed by atoms with Gasteiger partial charge in [-0.3, -0.25) is 0 Å². The van der Waals surface area contributed by atoms with Crippen molar-refractivity contribution in [2.24, 2.45) is 4.99 Å². The van der Waals surface area contributed by atoms with Crippen LogP contribution in [-0.4, -0.2) is 26.3 Å². The van der Waals surface area contributed by atoms with E-state index < -0.39 is 0 Å². The van der Waals surface area contributed by atoms with Crippen LogP contribution in [0.25, 0.3) is 5.57 Å². The fourth-order valence-corrected chi connectivity index (χ4v) is 4.57. The van der Waals surface area contributed by atoms with Crippen LogP contribution in [0, 0.1) is 0 Å². The Labute approximate surface area is 194 Å². The number of hydrogen-bond acceptors (Lipinski definition) is 2. The van der Waals surface area contributed by atoms with Gasteiger partial charge in [0.05, 0.1) is 0 Å². The number of nitrogens with zero attached hydrogens (tertiary/aromatic N) is 1. The molecule has 4 rings (SSSR count). The number of hydrogen-bond donors (Lipinski definition) is 0. The van der Waals surface area contributed by atoms with Gasteiger partial charge in [-0.1, -0.05) is 0 Å². The van der Waals surface area contributed by atoms with Crippen molar-refractivity contribution in [1.82, 2.24) is 0 Å². The molecule has 0 heterocycles. The van der Waals surface area contributed by atoms with Crippen LogP contribution in [0.15, 0.2) is 114 Å². The predicted molar refractivity (Wildman–Crippen MR) is 131 cm³/mol. The van der Waals surface area contributed by atoms with E-state index in [2.05, 4.69) is 59.4 Å². The van der Waals surface area contributed by atoms with E-state index in [-0.39, 0.29) is 15.0 Å². The van der Waals surface area contributed by atoms with Gasteiger partial charge in [0.15, 0.2) is 0 Å². The molecule has 4 heteroatoms. The van der Waals surface area contributed by atoms with Crippen molar-refractivity contribution < 1.29 is 4.74 Å². The second kappa shape index (κ2) is 10.8. The fraction of sp³-hybridized carbons (Fsp3) is 0.0370. The van der Waals surface area contributed by atoms with Crippen LogP contribution in [0.3, 0.4) is 0 Å². The second-order valence-corrected chi connectivity index (χ2v) is 9.19. The van der Waals surface area contributed by atoms with Gasteiger partial charge in [-0.05, 0) is 0 Å². The second-order valence-electron chi connectivity index (χ2n) is 6.66. The zero-order valence-electron chi connectivity index (χ0n) is 16.7. The van der Waals surface area contributed by atoms with Crippen LogP contribution in [-0.2, 0) is 0 Å². The van der Waals surface area contributed by atoms with Crippen molar-refractivity contribution in [2.75, 3.05) is 5.51 Å². The molecule has 152 valence electrons. The van der Waals surface area contributed by atoms with Gasteiger partial charge in [-0.2, -0.15) is 0 Å². The zero-order chi connectivity index (χ0) is 21.3. The average molecular weight is 489 g/mol. The summed E-state index contributed by atoms with van der Waals surface area (Å²) in [7, 11) is 0. The van der Waals surface area contributed by atoms with E-state index in [0.717, 1.165) is 16.7 Å². The number of rotatable bonds is 7. The van der Waals surface area contributed by atoms with Crippen LogP contribution >= 0.6 is 11.6 Å². The molecular formula is C27H20ClNOSe. The molecule has 0 N–H and O–H groups in total. The van der Waals surface area contributed by atoms with E-state index in [1.807, 2.05) is 60.7 Å².